The number of esters is 1. The highest BCUT2D eigenvalue weighted by Crippen LogP contribution is 2.17. The maximum Gasteiger partial charge on any atom is 0.310 e. The molecule has 1 atom stereocenters. The first kappa shape index (κ1) is 15.7. The second-order valence-electron chi connectivity index (χ2n) is 5.24. The van der Waals surface area contributed by atoms with Crippen molar-refractivity contribution in [2.24, 2.45) is 11.8 Å². The van der Waals surface area contributed by atoms with Crippen LogP contribution in [0.4, 0.5) is 0 Å². The Balaban J connectivity index is 2.45. The topological polar surface area (TPSA) is 61.2 Å². The van der Waals surface area contributed by atoms with Gasteiger partial charge in [-0.05, 0) is 24.1 Å². The summed E-state index contributed by atoms with van der Waals surface area (Å²) in [5.41, 5.74) is 0.481. The van der Waals surface area contributed by atoms with Gasteiger partial charge in [-0.1, -0.05) is 29.8 Å². The summed E-state index contributed by atoms with van der Waals surface area (Å²) in [5.74, 6) is -0.618. The van der Waals surface area contributed by atoms with Gasteiger partial charge in [0.15, 0.2) is 0 Å². The average Bonchev–Trinajstić information content (AvgIpc) is 2.46. The van der Waals surface area contributed by atoms with Crippen molar-refractivity contribution in [3.8, 4) is 0 Å². The van der Waals surface area contributed by atoms with Gasteiger partial charge in [0.25, 0.3) is 5.56 Å². The summed E-state index contributed by atoms with van der Waals surface area (Å²) in [7, 11) is 1.36. The first-order chi connectivity index (χ1) is 9.93. The van der Waals surface area contributed by atoms with E-state index in [2.05, 4.69) is 20.9 Å². The van der Waals surface area contributed by atoms with Crippen LogP contribution in [-0.4, -0.2) is 22.6 Å². The minimum atomic E-state index is -0.376. The molecule has 0 radical (unpaired) electrons. The maximum absolute atomic E-state index is 12.5. The molecule has 0 bridgehead atoms. The van der Waals surface area contributed by atoms with E-state index in [9.17, 15) is 9.59 Å². The number of hydrogen-bond donors (Lipinski definition) is 0. The molecular formula is C15H17BrN2O3. The summed E-state index contributed by atoms with van der Waals surface area (Å²) in [6.45, 7) is 4.12. The minimum Gasteiger partial charge on any atom is -0.469 e. The lowest BCUT2D eigenvalue weighted by atomic mass is 9.96. The molecule has 1 aromatic carbocycles. The molecule has 112 valence electrons. The van der Waals surface area contributed by atoms with E-state index in [0.29, 0.717) is 10.9 Å². The van der Waals surface area contributed by atoms with Crippen molar-refractivity contribution in [1.29, 1.82) is 0 Å². The molecule has 2 rings (SSSR count). The molecule has 0 saturated heterocycles. The Morgan fingerprint density at radius 2 is 2.14 bits per heavy atom. The van der Waals surface area contributed by atoms with Crippen molar-refractivity contribution in [2.45, 2.75) is 20.4 Å². The summed E-state index contributed by atoms with van der Waals surface area (Å²) in [4.78, 5) is 28.6. The number of methoxy groups -OCH3 is 1. The van der Waals surface area contributed by atoms with E-state index in [1.165, 1.54) is 18.0 Å². The molecule has 1 heterocycles. The molecule has 1 aromatic heterocycles. The van der Waals surface area contributed by atoms with Crippen LogP contribution in [0.2, 0.25) is 0 Å². The van der Waals surface area contributed by atoms with Crippen molar-refractivity contribution in [3.63, 3.8) is 0 Å². The third-order valence-corrected chi connectivity index (χ3v) is 3.98. The van der Waals surface area contributed by atoms with Crippen LogP contribution < -0.4 is 5.56 Å². The molecular weight excluding hydrogens is 336 g/mol. The number of hydrogen-bond acceptors (Lipinski definition) is 4. The monoisotopic (exact) mass is 352 g/mol. The van der Waals surface area contributed by atoms with Gasteiger partial charge in [0.2, 0.25) is 0 Å². The van der Waals surface area contributed by atoms with Crippen LogP contribution in [0.15, 0.2) is 33.8 Å². The van der Waals surface area contributed by atoms with Crippen molar-refractivity contribution < 1.29 is 9.53 Å². The molecule has 0 aliphatic rings. The van der Waals surface area contributed by atoms with Crippen molar-refractivity contribution in [3.05, 3.63) is 39.4 Å². The fourth-order valence-electron chi connectivity index (χ4n) is 2.18. The fourth-order valence-corrected chi connectivity index (χ4v) is 2.54. The van der Waals surface area contributed by atoms with Crippen LogP contribution in [0.1, 0.15) is 13.8 Å². The quantitative estimate of drug-likeness (QED) is 0.793. The maximum atomic E-state index is 12.5. The van der Waals surface area contributed by atoms with E-state index in [4.69, 9.17) is 4.74 Å². The van der Waals surface area contributed by atoms with Gasteiger partial charge < -0.3 is 4.74 Å². The zero-order valence-corrected chi connectivity index (χ0v) is 13.8. The number of benzene rings is 1. The van der Waals surface area contributed by atoms with Gasteiger partial charge in [0.05, 0.1) is 30.3 Å². The predicted octanol–water partition coefficient (Wildman–Crippen LogP) is 2.60. The van der Waals surface area contributed by atoms with Crippen LogP contribution in [0.3, 0.4) is 0 Å². The van der Waals surface area contributed by atoms with E-state index in [1.807, 2.05) is 19.9 Å². The number of ether oxygens (including phenoxy) is 1. The average molecular weight is 353 g/mol. The Kier molecular flexibility index (Phi) is 4.77. The van der Waals surface area contributed by atoms with Gasteiger partial charge in [0, 0.05) is 11.0 Å². The van der Waals surface area contributed by atoms with Gasteiger partial charge in [-0.15, -0.1) is 0 Å². The molecule has 21 heavy (non-hydrogen) atoms. The zero-order valence-electron chi connectivity index (χ0n) is 12.2. The predicted molar refractivity (Wildman–Crippen MR) is 84.0 cm³/mol. The molecule has 0 aliphatic carbocycles. The summed E-state index contributed by atoms with van der Waals surface area (Å²) in [5, 5.41) is 0.527. The van der Waals surface area contributed by atoms with E-state index in [1.54, 1.807) is 12.1 Å². The first-order valence-corrected chi connectivity index (χ1v) is 7.46. The largest absolute Gasteiger partial charge is 0.469 e. The Labute approximate surface area is 131 Å². The molecule has 0 saturated carbocycles. The molecule has 0 N–H and O–H groups in total. The highest BCUT2D eigenvalue weighted by atomic mass is 79.9. The molecule has 0 amide bonds. The third kappa shape index (κ3) is 3.32. The van der Waals surface area contributed by atoms with Crippen LogP contribution in [0.5, 0.6) is 0 Å². The van der Waals surface area contributed by atoms with E-state index in [0.717, 1.165) is 4.47 Å². The van der Waals surface area contributed by atoms with Crippen LogP contribution >= 0.6 is 15.9 Å². The summed E-state index contributed by atoms with van der Waals surface area (Å²) >= 11 is 3.35. The Bertz CT molecular complexity index is 724. The second-order valence-corrected chi connectivity index (χ2v) is 6.15. The minimum absolute atomic E-state index is 0.0718. The van der Waals surface area contributed by atoms with Crippen LogP contribution in [0, 0.1) is 11.8 Å². The molecule has 5 nitrogen and oxygen atoms in total. The summed E-state index contributed by atoms with van der Waals surface area (Å²) in [6, 6.07) is 5.36. The number of carbonyl (C=O) groups excluding carboxylic acids is 1. The van der Waals surface area contributed by atoms with Crippen molar-refractivity contribution in [2.75, 3.05) is 7.11 Å². The SMILES string of the molecule is COC(=O)C(Cn1cnc2ccc(Br)cc2c1=O)C(C)C. The normalized spacial score (nSPS) is 12.6. The molecule has 0 fully saturated rings. The van der Waals surface area contributed by atoms with Gasteiger partial charge in [-0.3, -0.25) is 14.2 Å². The highest BCUT2D eigenvalue weighted by molar-refractivity contribution is 9.10. The van der Waals surface area contributed by atoms with E-state index < -0.39 is 0 Å². The molecule has 6 heteroatoms. The summed E-state index contributed by atoms with van der Waals surface area (Å²) in [6.07, 6.45) is 1.48. The highest BCUT2D eigenvalue weighted by Gasteiger charge is 2.24. The lowest BCUT2D eigenvalue weighted by Gasteiger charge is -2.19. The smallest absolute Gasteiger partial charge is 0.310 e. The Morgan fingerprint density at radius 3 is 2.76 bits per heavy atom. The van der Waals surface area contributed by atoms with E-state index in [-0.39, 0.29) is 29.9 Å². The molecule has 2 aromatic rings. The van der Waals surface area contributed by atoms with Gasteiger partial charge in [-0.2, -0.15) is 0 Å². The Hall–Kier alpha value is -1.69. The number of halogens is 1. The standard InChI is InChI=1S/C15H17BrN2O3/c1-9(2)12(15(20)21-3)7-18-8-17-13-5-4-10(16)6-11(13)14(18)19/h4-6,8-9,12H,7H2,1-3H3. The lowest BCUT2D eigenvalue weighted by Crippen LogP contribution is -2.31. The first-order valence-electron chi connectivity index (χ1n) is 6.66. The number of nitrogens with zero attached hydrogens (tertiary/aromatic N) is 2. The number of rotatable bonds is 4. The molecule has 0 spiro atoms. The van der Waals surface area contributed by atoms with Crippen LogP contribution in [0.25, 0.3) is 10.9 Å². The number of carbonyl (C=O) groups is 1. The van der Waals surface area contributed by atoms with Crippen molar-refractivity contribution >= 4 is 32.8 Å². The molecule has 1 unspecified atom stereocenters. The third-order valence-electron chi connectivity index (χ3n) is 3.49. The zero-order chi connectivity index (χ0) is 15.6. The van der Waals surface area contributed by atoms with Crippen LogP contribution in [-0.2, 0) is 16.1 Å². The number of fused-ring (bicyclic) bond motifs is 1. The fraction of sp³-hybridized carbons (Fsp3) is 0.400. The van der Waals surface area contributed by atoms with Crippen molar-refractivity contribution in [1.82, 2.24) is 9.55 Å². The van der Waals surface area contributed by atoms with Gasteiger partial charge in [0.1, 0.15) is 0 Å². The second kappa shape index (κ2) is 6.39. The summed E-state index contributed by atoms with van der Waals surface area (Å²) < 4.78 is 7.10. The Morgan fingerprint density at radius 1 is 1.43 bits per heavy atom. The number of aromatic nitrogens is 2. The van der Waals surface area contributed by atoms with Gasteiger partial charge >= 0.3 is 5.97 Å². The van der Waals surface area contributed by atoms with E-state index >= 15 is 0 Å². The lowest BCUT2D eigenvalue weighted by molar-refractivity contribution is -0.147. The molecule has 0 aliphatic heterocycles. The van der Waals surface area contributed by atoms with Gasteiger partial charge in [-0.25, -0.2) is 4.98 Å².